The molecule has 1 aromatic rings. The second-order valence-corrected chi connectivity index (χ2v) is 3.47. The SMILES string of the molecule is COc1ccc2c(c1)C(=O)C(N)CCO2.Cl. The highest BCUT2D eigenvalue weighted by atomic mass is 35.5. The van der Waals surface area contributed by atoms with E-state index in [4.69, 9.17) is 15.2 Å². The Hall–Kier alpha value is -1.26. The van der Waals surface area contributed by atoms with Gasteiger partial charge in [-0.2, -0.15) is 0 Å². The highest BCUT2D eigenvalue weighted by molar-refractivity contribution is 6.02. The molecule has 0 aromatic heterocycles. The second-order valence-electron chi connectivity index (χ2n) is 3.47. The van der Waals surface area contributed by atoms with Crippen LogP contribution in [0.3, 0.4) is 0 Å². The molecule has 1 aromatic carbocycles. The molecule has 2 rings (SSSR count). The normalized spacial score (nSPS) is 18.9. The third-order valence-electron chi connectivity index (χ3n) is 2.48. The van der Waals surface area contributed by atoms with Gasteiger partial charge in [-0.15, -0.1) is 12.4 Å². The minimum absolute atomic E-state index is 0. The molecule has 2 N–H and O–H groups in total. The Kier molecular flexibility index (Phi) is 4.15. The fourth-order valence-corrected chi connectivity index (χ4v) is 1.58. The summed E-state index contributed by atoms with van der Waals surface area (Å²) in [6.45, 7) is 0.478. The second kappa shape index (κ2) is 5.18. The molecule has 1 heterocycles. The van der Waals surface area contributed by atoms with E-state index in [1.807, 2.05) is 0 Å². The van der Waals surface area contributed by atoms with Crippen molar-refractivity contribution < 1.29 is 14.3 Å². The monoisotopic (exact) mass is 243 g/mol. The summed E-state index contributed by atoms with van der Waals surface area (Å²) in [7, 11) is 1.56. The number of nitrogens with two attached hydrogens (primary N) is 1. The van der Waals surface area contributed by atoms with Gasteiger partial charge in [0.1, 0.15) is 11.5 Å². The first kappa shape index (κ1) is 12.8. The van der Waals surface area contributed by atoms with Crippen molar-refractivity contribution in [3.63, 3.8) is 0 Å². The fraction of sp³-hybridized carbons (Fsp3) is 0.364. The lowest BCUT2D eigenvalue weighted by atomic mass is 10.0. The minimum atomic E-state index is -0.474. The lowest BCUT2D eigenvalue weighted by Crippen LogP contribution is -2.30. The van der Waals surface area contributed by atoms with Crippen LogP contribution in [0.4, 0.5) is 0 Å². The van der Waals surface area contributed by atoms with Crippen molar-refractivity contribution in [2.45, 2.75) is 12.5 Å². The van der Waals surface area contributed by atoms with E-state index in [9.17, 15) is 4.79 Å². The van der Waals surface area contributed by atoms with E-state index in [2.05, 4.69) is 0 Å². The number of methoxy groups -OCH3 is 1. The highest BCUT2D eigenvalue weighted by Gasteiger charge is 2.23. The van der Waals surface area contributed by atoms with E-state index in [0.717, 1.165) is 0 Å². The van der Waals surface area contributed by atoms with E-state index >= 15 is 0 Å². The van der Waals surface area contributed by atoms with Crippen LogP contribution in [0.5, 0.6) is 11.5 Å². The van der Waals surface area contributed by atoms with Crippen molar-refractivity contribution in [3.8, 4) is 11.5 Å². The molecule has 0 saturated heterocycles. The van der Waals surface area contributed by atoms with Crippen LogP contribution in [-0.2, 0) is 0 Å². The van der Waals surface area contributed by atoms with Crippen molar-refractivity contribution in [2.24, 2.45) is 5.73 Å². The van der Waals surface area contributed by atoms with Crippen molar-refractivity contribution in [1.82, 2.24) is 0 Å². The Morgan fingerprint density at radius 3 is 2.94 bits per heavy atom. The molecule has 0 radical (unpaired) electrons. The Balaban J connectivity index is 0.00000128. The summed E-state index contributed by atoms with van der Waals surface area (Å²) >= 11 is 0. The van der Waals surface area contributed by atoms with Gasteiger partial charge >= 0.3 is 0 Å². The van der Waals surface area contributed by atoms with Crippen molar-refractivity contribution in [2.75, 3.05) is 13.7 Å². The predicted octanol–water partition coefficient (Wildman–Crippen LogP) is 1.41. The van der Waals surface area contributed by atoms with Crippen LogP contribution < -0.4 is 15.2 Å². The Bertz CT molecular complexity index is 395. The molecular formula is C11H14ClNO3. The molecule has 0 fully saturated rings. The summed E-state index contributed by atoms with van der Waals surface area (Å²) in [5, 5.41) is 0. The third-order valence-corrected chi connectivity index (χ3v) is 2.48. The number of benzene rings is 1. The van der Waals surface area contributed by atoms with Gasteiger partial charge in [0.2, 0.25) is 0 Å². The number of carbonyl (C=O) groups excluding carboxylic acids is 1. The maximum atomic E-state index is 11.8. The molecule has 0 saturated carbocycles. The summed E-state index contributed by atoms with van der Waals surface area (Å²) in [6, 6.07) is 4.70. The van der Waals surface area contributed by atoms with Crippen LogP contribution in [0.15, 0.2) is 18.2 Å². The topological polar surface area (TPSA) is 61.5 Å². The maximum Gasteiger partial charge on any atom is 0.183 e. The van der Waals surface area contributed by atoms with E-state index in [1.165, 1.54) is 0 Å². The molecule has 0 aliphatic carbocycles. The van der Waals surface area contributed by atoms with Crippen LogP contribution in [0, 0.1) is 0 Å². The lowest BCUT2D eigenvalue weighted by molar-refractivity contribution is 0.0960. The molecule has 1 aliphatic rings. The van der Waals surface area contributed by atoms with E-state index in [1.54, 1.807) is 25.3 Å². The number of hydrogen-bond acceptors (Lipinski definition) is 4. The first-order valence-electron chi connectivity index (χ1n) is 4.83. The van der Waals surface area contributed by atoms with Gasteiger partial charge in [0, 0.05) is 6.42 Å². The van der Waals surface area contributed by atoms with Gasteiger partial charge in [-0.3, -0.25) is 4.79 Å². The number of halogens is 1. The zero-order valence-corrected chi connectivity index (χ0v) is 9.75. The van der Waals surface area contributed by atoms with Gasteiger partial charge in [0.15, 0.2) is 5.78 Å². The molecule has 5 heteroatoms. The van der Waals surface area contributed by atoms with Crippen LogP contribution in [0.2, 0.25) is 0 Å². The van der Waals surface area contributed by atoms with Crippen molar-refractivity contribution in [3.05, 3.63) is 23.8 Å². The van der Waals surface area contributed by atoms with E-state index < -0.39 is 6.04 Å². The van der Waals surface area contributed by atoms with Gasteiger partial charge in [0.25, 0.3) is 0 Å². The molecule has 1 atom stereocenters. The Morgan fingerprint density at radius 1 is 1.50 bits per heavy atom. The number of hydrogen-bond donors (Lipinski definition) is 1. The minimum Gasteiger partial charge on any atom is -0.497 e. The number of ether oxygens (including phenoxy) is 2. The van der Waals surface area contributed by atoms with E-state index in [0.29, 0.717) is 30.1 Å². The number of carbonyl (C=O) groups is 1. The summed E-state index contributed by atoms with van der Waals surface area (Å²) in [5.41, 5.74) is 6.23. The van der Waals surface area contributed by atoms with Crippen molar-refractivity contribution >= 4 is 18.2 Å². The van der Waals surface area contributed by atoms with Crippen LogP contribution >= 0.6 is 12.4 Å². The average Bonchev–Trinajstić information content (AvgIpc) is 2.40. The standard InChI is InChI=1S/C11H13NO3.ClH/c1-14-7-2-3-10-8(6-7)11(13)9(12)4-5-15-10;/h2-3,6,9H,4-5,12H2,1H3;1H. The molecule has 88 valence electrons. The molecule has 1 unspecified atom stereocenters. The third kappa shape index (κ3) is 2.28. The van der Waals surface area contributed by atoms with Crippen LogP contribution in [0.25, 0.3) is 0 Å². The van der Waals surface area contributed by atoms with Gasteiger partial charge in [0.05, 0.1) is 25.3 Å². The Morgan fingerprint density at radius 2 is 2.25 bits per heavy atom. The predicted molar refractivity (Wildman–Crippen MR) is 62.7 cm³/mol. The first-order valence-corrected chi connectivity index (χ1v) is 4.83. The smallest absolute Gasteiger partial charge is 0.183 e. The molecule has 0 spiro atoms. The molecular weight excluding hydrogens is 230 g/mol. The number of fused-ring (bicyclic) bond motifs is 1. The average molecular weight is 244 g/mol. The van der Waals surface area contributed by atoms with Crippen LogP contribution in [-0.4, -0.2) is 25.5 Å². The highest BCUT2D eigenvalue weighted by Crippen LogP contribution is 2.27. The number of rotatable bonds is 1. The number of ketones is 1. The summed E-state index contributed by atoms with van der Waals surface area (Å²) in [5.74, 6) is 1.15. The summed E-state index contributed by atoms with van der Waals surface area (Å²) in [4.78, 5) is 11.8. The maximum absolute atomic E-state index is 11.8. The summed E-state index contributed by atoms with van der Waals surface area (Å²) < 4.78 is 10.5. The van der Waals surface area contributed by atoms with Gasteiger partial charge < -0.3 is 15.2 Å². The van der Waals surface area contributed by atoms with Gasteiger partial charge in [-0.05, 0) is 18.2 Å². The fourth-order valence-electron chi connectivity index (χ4n) is 1.58. The van der Waals surface area contributed by atoms with Gasteiger partial charge in [-0.25, -0.2) is 0 Å². The van der Waals surface area contributed by atoms with E-state index in [-0.39, 0.29) is 18.2 Å². The zero-order chi connectivity index (χ0) is 10.8. The molecule has 0 amide bonds. The first-order chi connectivity index (χ1) is 7.22. The molecule has 16 heavy (non-hydrogen) atoms. The molecule has 4 nitrogen and oxygen atoms in total. The lowest BCUT2D eigenvalue weighted by Gasteiger charge is -2.08. The van der Waals surface area contributed by atoms with Crippen molar-refractivity contribution in [1.29, 1.82) is 0 Å². The molecule has 1 aliphatic heterocycles. The molecule has 0 bridgehead atoms. The number of Topliss-reactive ketones (excluding diaryl/α,β-unsaturated/α-hetero) is 1. The Labute approximate surface area is 100 Å². The quantitative estimate of drug-likeness (QED) is 0.810. The largest absolute Gasteiger partial charge is 0.497 e. The summed E-state index contributed by atoms with van der Waals surface area (Å²) in [6.07, 6.45) is 0.551. The van der Waals surface area contributed by atoms with Crippen LogP contribution in [0.1, 0.15) is 16.8 Å². The van der Waals surface area contributed by atoms with Gasteiger partial charge in [-0.1, -0.05) is 0 Å². The zero-order valence-electron chi connectivity index (χ0n) is 8.93.